The number of hydrogen-bond acceptors (Lipinski definition) is 3. The first-order valence-electron chi connectivity index (χ1n) is 8.46. The number of rotatable bonds is 4. The lowest BCUT2D eigenvalue weighted by Crippen LogP contribution is -1.87. The van der Waals surface area contributed by atoms with E-state index in [4.69, 9.17) is 4.98 Å². The quantitative estimate of drug-likeness (QED) is 0.520. The average molecular weight is 320 g/mol. The Balaban J connectivity index is 2.02. The van der Waals surface area contributed by atoms with Gasteiger partial charge in [0.1, 0.15) is 5.65 Å². The Morgan fingerprint density at radius 1 is 0.917 bits per heavy atom. The second-order valence-electron chi connectivity index (χ2n) is 6.81. The van der Waals surface area contributed by atoms with Crippen LogP contribution < -0.4 is 0 Å². The molecule has 3 aromatic rings. The first kappa shape index (κ1) is 16.4. The largest absolute Gasteiger partial charge is 0.283 e. The van der Waals surface area contributed by atoms with Gasteiger partial charge in [0.15, 0.2) is 5.82 Å². The predicted molar refractivity (Wildman–Crippen MR) is 98.7 cm³/mol. The number of pyridine rings is 1. The molecule has 0 aliphatic heterocycles. The molecule has 0 spiro atoms. The molecule has 4 heteroatoms. The van der Waals surface area contributed by atoms with Crippen molar-refractivity contribution >= 4 is 17.2 Å². The van der Waals surface area contributed by atoms with Gasteiger partial charge in [-0.2, -0.15) is 0 Å². The van der Waals surface area contributed by atoms with Crippen LogP contribution in [0.4, 0.5) is 11.5 Å². The Morgan fingerprint density at radius 3 is 2.25 bits per heavy atom. The van der Waals surface area contributed by atoms with Crippen LogP contribution in [0.3, 0.4) is 0 Å². The maximum Gasteiger partial charge on any atom is 0.183 e. The third-order valence-electron chi connectivity index (χ3n) is 4.21. The highest BCUT2D eigenvalue weighted by atomic mass is 15.2. The summed E-state index contributed by atoms with van der Waals surface area (Å²) in [6.45, 7) is 10.7. The highest BCUT2D eigenvalue weighted by Gasteiger charge is 2.15. The minimum atomic E-state index is 0.293. The normalized spacial score (nSPS) is 12.1. The number of fused-ring (bicyclic) bond motifs is 1. The summed E-state index contributed by atoms with van der Waals surface area (Å²) in [4.78, 5) is 4.77. The van der Waals surface area contributed by atoms with Gasteiger partial charge in [-0.05, 0) is 48.1 Å². The van der Waals surface area contributed by atoms with Gasteiger partial charge in [0.05, 0.1) is 11.4 Å². The van der Waals surface area contributed by atoms with E-state index in [0.717, 1.165) is 28.4 Å². The van der Waals surface area contributed by atoms with Crippen LogP contribution in [-0.2, 0) is 0 Å². The Kier molecular flexibility index (Phi) is 4.47. The van der Waals surface area contributed by atoms with Crippen molar-refractivity contribution in [3.63, 3.8) is 0 Å². The molecule has 124 valence electrons. The number of benzene rings is 1. The smallest absolute Gasteiger partial charge is 0.183 e. The molecule has 1 aromatic carbocycles. The average Bonchev–Trinajstić information content (AvgIpc) is 2.93. The SMILES string of the molecule is Cc1cccn2c(N=Nc3ccc(C(C)C)cc3)c(C(C)C)nc12. The van der Waals surface area contributed by atoms with Crippen LogP contribution in [0, 0.1) is 6.92 Å². The van der Waals surface area contributed by atoms with Gasteiger partial charge in [0.2, 0.25) is 0 Å². The molecule has 3 rings (SSSR count). The summed E-state index contributed by atoms with van der Waals surface area (Å²) in [7, 11) is 0. The Labute approximate surface area is 143 Å². The maximum absolute atomic E-state index is 4.77. The highest BCUT2D eigenvalue weighted by molar-refractivity contribution is 5.57. The predicted octanol–water partition coefficient (Wildman–Crippen LogP) is 6.30. The van der Waals surface area contributed by atoms with Crippen LogP contribution in [0.15, 0.2) is 52.8 Å². The molecular formula is C20H24N4. The molecule has 0 N–H and O–H groups in total. The molecule has 0 amide bonds. The molecular weight excluding hydrogens is 296 g/mol. The fourth-order valence-corrected chi connectivity index (χ4v) is 2.73. The van der Waals surface area contributed by atoms with Crippen LogP contribution in [0.5, 0.6) is 0 Å². The number of nitrogens with zero attached hydrogens (tertiary/aromatic N) is 4. The van der Waals surface area contributed by atoms with Gasteiger partial charge in [0, 0.05) is 6.20 Å². The Morgan fingerprint density at radius 2 is 1.62 bits per heavy atom. The summed E-state index contributed by atoms with van der Waals surface area (Å²) in [5.74, 6) is 1.63. The molecule has 0 radical (unpaired) electrons. The van der Waals surface area contributed by atoms with Crippen LogP contribution in [0.1, 0.15) is 56.4 Å². The molecule has 0 atom stereocenters. The maximum atomic E-state index is 4.77. The lowest BCUT2D eigenvalue weighted by atomic mass is 10.0. The number of aromatic nitrogens is 2. The van der Waals surface area contributed by atoms with Crippen molar-refractivity contribution < 1.29 is 0 Å². The van der Waals surface area contributed by atoms with Crippen molar-refractivity contribution in [2.24, 2.45) is 10.2 Å². The summed E-state index contributed by atoms with van der Waals surface area (Å²) in [5.41, 5.74) is 5.23. The second kappa shape index (κ2) is 6.56. The third-order valence-corrected chi connectivity index (χ3v) is 4.21. The zero-order valence-electron chi connectivity index (χ0n) is 15.0. The number of hydrogen-bond donors (Lipinski definition) is 0. The molecule has 0 bridgehead atoms. The van der Waals surface area contributed by atoms with E-state index >= 15 is 0 Å². The van der Waals surface area contributed by atoms with Crippen LogP contribution >= 0.6 is 0 Å². The second-order valence-corrected chi connectivity index (χ2v) is 6.81. The van der Waals surface area contributed by atoms with E-state index in [1.54, 1.807) is 0 Å². The van der Waals surface area contributed by atoms with Crippen molar-refractivity contribution in [3.05, 3.63) is 59.4 Å². The molecule has 0 saturated heterocycles. The first-order chi connectivity index (χ1) is 11.5. The first-order valence-corrected chi connectivity index (χ1v) is 8.46. The van der Waals surface area contributed by atoms with E-state index in [-0.39, 0.29) is 0 Å². The summed E-state index contributed by atoms with van der Waals surface area (Å²) in [5, 5.41) is 8.96. The summed E-state index contributed by atoms with van der Waals surface area (Å²) in [6, 6.07) is 12.3. The van der Waals surface area contributed by atoms with Gasteiger partial charge < -0.3 is 0 Å². The lowest BCUT2D eigenvalue weighted by molar-refractivity contribution is 0.831. The van der Waals surface area contributed by atoms with Crippen LogP contribution in [0.25, 0.3) is 5.65 Å². The van der Waals surface area contributed by atoms with E-state index < -0.39 is 0 Å². The highest BCUT2D eigenvalue weighted by Crippen LogP contribution is 2.30. The molecule has 2 aromatic heterocycles. The van der Waals surface area contributed by atoms with E-state index in [1.807, 2.05) is 28.8 Å². The number of azo groups is 1. The summed E-state index contributed by atoms with van der Waals surface area (Å²) in [6.07, 6.45) is 2.00. The fourth-order valence-electron chi connectivity index (χ4n) is 2.73. The summed E-state index contributed by atoms with van der Waals surface area (Å²) < 4.78 is 2.02. The number of imidazole rings is 1. The van der Waals surface area contributed by atoms with E-state index in [0.29, 0.717) is 11.8 Å². The molecule has 0 fully saturated rings. The van der Waals surface area contributed by atoms with E-state index in [2.05, 4.69) is 63.0 Å². The molecule has 0 saturated carbocycles. The Hall–Kier alpha value is -2.49. The minimum absolute atomic E-state index is 0.293. The Bertz CT molecular complexity index is 871. The monoisotopic (exact) mass is 320 g/mol. The van der Waals surface area contributed by atoms with E-state index in [1.165, 1.54) is 5.56 Å². The van der Waals surface area contributed by atoms with Crippen molar-refractivity contribution in [2.75, 3.05) is 0 Å². The van der Waals surface area contributed by atoms with Crippen molar-refractivity contribution in [2.45, 2.75) is 46.5 Å². The van der Waals surface area contributed by atoms with Gasteiger partial charge in [-0.25, -0.2) is 4.98 Å². The van der Waals surface area contributed by atoms with Crippen molar-refractivity contribution in [1.29, 1.82) is 0 Å². The molecule has 0 aliphatic rings. The molecule has 2 heterocycles. The van der Waals surface area contributed by atoms with Gasteiger partial charge in [0.25, 0.3) is 0 Å². The number of aryl methyl sites for hydroxylation is 1. The summed E-state index contributed by atoms with van der Waals surface area (Å²) >= 11 is 0. The van der Waals surface area contributed by atoms with Crippen molar-refractivity contribution in [3.8, 4) is 0 Å². The molecule has 0 unspecified atom stereocenters. The van der Waals surface area contributed by atoms with Gasteiger partial charge >= 0.3 is 0 Å². The molecule has 4 nitrogen and oxygen atoms in total. The lowest BCUT2D eigenvalue weighted by Gasteiger charge is -2.04. The van der Waals surface area contributed by atoms with Gasteiger partial charge in [-0.1, -0.05) is 45.9 Å². The zero-order valence-corrected chi connectivity index (χ0v) is 15.0. The van der Waals surface area contributed by atoms with Crippen LogP contribution in [0.2, 0.25) is 0 Å². The standard InChI is InChI=1S/C20H24N4/c1-13(2)16-8-10-17(11-9-16)22-23-20-18(14(3)4)21-19-15(5)7-6-12-24(19)20/h6-14H,1-5H3. The fraction of sp³-hybridized carbons (Fsp3) is 0.350. The molecule has 0 aliphatic carbocycles. The molecule has 24 heavy (non-hydrogen) atoms. The van der Waals surface area contributed by atoms with E-state index in [9.17, 15) is 0 Å². The zero-order chi connectivity index (χ0) is 17.3. The minimum Gasteiger partial charge on any atom is -0.283 e. The van der Waals surface area contributed by atoms with Gasteiger partial charge in [-0.15, -0.1) is 10.2 Å². The van der Waals surface area contributed by atoms with Crippen molar-refractivity contribution in [1.82, 2.24) is 9.38 Å². The topological polar surface area (TPSA) is 42.0 Å². The van der Waals surface area contributed by atoms with Crippen LogP contribution in [-0.4, -0.2) is 9.38 Å². The van der Waals surface area contributed by atoms with Gasteiger partial charge in [-0.3, -0.25) is 4.40 Å². The third kappa shape index (κ3) is 3.09.